The van der Waals surface area contributed by atoms with E-state index in [1.807, 2.05) is 0 Å². The van der Waals surface area contributed by atoms with E-state index in [-0.39, 0.29) is 0 Å². The third-order valence-electron chi connectivity index (χ3n) is 11.6. The summed E-state index contributed by atoms with van der Waals surface area (Å²) in [5, 5.41) is 7.75. The summed E-state index contributed by atoms with van der Waals surface area (Å²) in [5.74, 6) is 0. The molecule has 11 aromatic rings. The van der Waals surface area contributed by atoms with E-state index in [2.05, 4.69) is 241 Å². The average Bonchev–Trinajstić information content (AvgIpc) is 3.76. The zero-order valence-corrected chi connectivity index (χ0v) is 33.4. The predicted octanol–water partition coefficient (Wildman–Crippen LogP) is 15.2. The third-order valence-corrected chi connectivity index (χ3v) is 11.6. The van der Waals surface area contributed by atoms with Crippen molar-refractivity contribution in [2.75, 3.05) is 0 Å². The summed E-state index contributed by atoms with van der Waals surface area (Å²) >= 11 is 0. The third kappa shape index (κ3) is 6.78. The Morgan fingerprint density at radius 2 is 0.770 bits per heavy atom. The largest absolute Gasteiger partial charge is 0.248 e. The van der Waals surface area contributed by atoms with Crippen molar-refractivity contribution >= 4 is 16.3 Å². The molecular formula is C58H39N3. The Balaban J connectivity index is 1.11. The van der Waals surface area contributed by atoms with Crippen LogP contribution in [0.4, 0.5) is 0 Å². The van der Waals surface area contributed by atoms with Crippen LogP contribution in [0.5, 0.6) is 0 Å². The molecule has 0 saturated carbocycles. The van der Waals surface area contributed by atoms with E-state index in [0.29, 0.717) is 0 Å². The van der Waals surface area contributed by atoms with Gasteiger partial charge in [0.25, 0.3) is 0 Å². The second-order valence-corrected chi connectivity index (χ2v) is 15.4. The number of rotatable bonds is 8. The Labute approximate surface area is 355 Å². The van der Waals surface area contributed by atoms with Crippen LogP contribution in [-0.4, -0.2) is 14.6 Å². The van der Waals surface area contributed by atoms with Gasteiger partial charge in [0.2, 0.25) is 0 Å². The molecule has 0 amide bonds. The van der Waals surface area contributed by atoms with Crippen molar-refractivity contribution in [1.82, 2.24) is 14.6 Å². The predicted molar refractivity (Wildman–Crippen MR) is 254 cm³/mol. The molecule has 3 heterocycles. The summed E-state index contributed by atoms with van der Waals surface area (Å²) < 4.78 is 2.17. The maximum atomic E-state index is 5.44. The maximum absolute atomic E-state index is 5.44. The van der Waals surface area contributed by atoms with Gasteiger partial charge in [-0.15, -0.1) is 0 Å². The van der Waals surface area contributed by atoms with Crippen molar-refractivity contribution in [3.63, 3.8) is 0 Å². The molecule has 3 aromatic heterocycles. The van der Waals surface area contributed by atoms with Crippen LogP contribution in [0.25, 0.3) is 106 Å². The van der Waals surface area contributed by atoms with Crippen molar-refractivity contribution in [2.45, 2.75) is 0 Å². The lowest BCUT2D eigenvalue weighted by Gasteiger charge is -2.15. The van der Waals surface area contributed by atoms with Crippen molar-refractivity contribution in [2.24, 2.45) is 0 Å². The molecule has 3 heteroatoms. The fourth-order valence-electron chi connectivity index (χ4n) is 8.64. The van der Waals surface area contributed by atoms with E-state index in [0.717, 1.165) is 89.3 Å². The van der Waals surface area contributed by atoms with Gasteiger partial charge in [-0.1, -0.05) is 212 Å². The number of fused-ring (bicyclic) bond motifs is 3. The maximum Gasteiger partial charge on any atom is 0.101 e. The molecule has 0 radical (unpaired) electrons. The highest BCUT2D eigenvalue weighted by Crippen LogP contribution is 2.43. The van der Waals surface area contributed by atoms with Gasteiger partial charge in [0.1, 0.15) is 5.69 Å². The molecule has 0 fully saturated rings. The number of hydrogen-bond donors (Lipinski definition) is 0. The molecule has 0 saturated heterocycles. The van der Waals surface area contributed by atoms with E-state index in [9.17, 15) is 0 Å². The summed E-state index contributed by atoms with van der Waals surface area (Å²) in [5.41, 5.74) is 18.5. The van der Waals surface area contributed by atoms with Gasteiger partial charge in [-0.25, -0.2) is 9.50 Å². The minimum atomic E-state index is 0.935. The fraction of sp³-hybridized carbons (Fsp3) is 0. The molecule has 0 aliphatic rings. The van der Waals surface area contributed by atoms with E-state index >= 15 is 0 Å². The summed E-state index contributed by atoms with van der Waals surface area (Å²) in [6.07, 6.45) is 0. The van der Waals surface area contributed by atoms with Gasteiger partial charge < -0.3 is 0 Å². The van der Waals surface area contributed by atoms with Crippen LogP contribution in [0.1, 0.15) is 0 Å². The number of pyridine rings is 2. The Bertz CT molecular complexity index is 3300. The Morgan fingerprint density at radius 1 is 0.295 bits per heavy atom. The fourth-order valence-corrected chi connectivity index (χ4v) is 8.64. The van der Waals surface area contributed by atoms with Crippen LogP contribution in [0, 0.1) is 0 Å². The topological polar surface area (TPSA) is 30.2 Å². The molecule has 8 aromatic carbocycles. The number of nitrogens with zero attached hydrogens (tertiary/aromatic N) is 3. The molecule has 0 bridgehead atoms. The van der Waals surface area contributed by atoms with Crippen molar-refractivity contribution in [3.8, 4) is 89.5 Å². The second kappa shape index (κ2) is 15.6. The van der Waals surface area contributed by atoms with Crippen LogP contribution < -0.4 is 0 Å². The lowest BCUT2D eigenvalue weighted by atomic mass is 9.92. The van der Waals surface area contributed by atoms with Crippen LogP contribution >= 0.6 is 0 Å². The SMILES string of the molecule is c1ccc(-c2ccc(-c3cc(-c4cccc(-c5cccc6c5cc(-c5ccccc5)n5nc(-c7ccccc7)c(-c7ccccc7)c65)c4)cc(-c4ccccc4)n3)cc2)cc1. The number of aromatic nitrogens is 3. The quantitative estimate of drug-likeness (QED) is 0.154. The molecule has 286 valence electrons. The minimum Gasteiger partial charge on any atom is -0.248 e. The molecule has 0 N–H and O–H groups in total. The van der Waals surface area contributed by atoms with Gasteiger partial charge in [-0.3, -0.25) is 0 Å². The molecule has 0 aliphatic carbocycles. The Morgan fingerprint density at radius 3 is 1.41 bits per heavy atom. The van der Waals surface area contributed by atoms with E-state index < -0.39 is 0 Å². The molecule has 11 rings (SSSR count). The van der Waals surface area contributed by atoms with Gasteiger partial charge in [0.15, 0.2) is 0 Å². The molecule has 61 heavy (non-hydrogen) atoms. The summed E-state index contributed by atoms with van der Waals surface area (Å²) in [4.78, 5) is 5.24. The van der Waals surface area contributed by atoms with Gasteiger partial charge in [0, 0.05) is 33.2 Å². The summed E-state index contributed by atoms with van der Waals surface area (Å²) in [6.45, 7) is 0. The zero-order valence-electron chi connectivity index (χ0n) is 33.4. The summed E-state index contributed by atoms with van der Waals surface area (Å²) in [6, 6.07) is 84.0. The lowest BCUT2D eigenvalue weighted by molar-refractivity contribution is 0.979. The molecule has 0 spiro atoms. The van der Waals surface area contributed by atoms with Crippen molar-refractivity contribution < 1.29 is 0 Å². The average molecular weight is 778 g/mol. The highest BCUT2D eigenvalue weighted by Gasteiger charge is 2.23. The van der Waals surface area contributed by atoms with E-state index in [1.54, 1.807) is 0 Å². The minimum absolute atomic E-state index is 0.935. The molecule has 3 nitrogen and oxygen atoms in total. The van der Waals surface area contributed by atoms with Crippen molar-refractivity contribution in [1.29, 1.82) is 0 Å². The van der Waals surface area contributed by atoms with E-state index in [1.165, 1.54) is 16.5 Å². The smallest absolute Gasteiger partial charge is 0.101 e. The van der Waals surface area contributed by atoms with Gasteiger partial charge >= 0.3 is 0 Å². The second-order valence-electron chi connectivity index (χ2n) is 15.4. The highest BCUT2D eigenvalue weighted by molar-refractivity contribution is 6.12. The van der Waals surface area contributed by atoms with Gasteiger partial charge in [0.05, 0.1) is 22.6 Å². The zero-order chi connectivity index (χ0) is 40.5. The molecule has 0 unspecified atom stereocenters. The Hall–Kier alpha value is -8.14. The number of benzene rings is 8. The molecule has 0 aliphatic heterocycles. The van der Waals surface area contributed by atoms with Crippen LogP contribution in [0.3, 0.4) is 0 Å². The summed E-state index contributed by atoms with van der Waals surface area (Å²) in [7, 11) is 0. The first-order valence-corrected chi connectivity index (χ1v) is 20.7. The molecular weight excluding hydrogens is 739 g/mol. The lowest BCUT2D eigenvalue weighted by Crippen LogP contribution is -1.97. The number of hydrogen-bond acceptors (Lipinski definition) is 2. The first-order chi connectivity index (χ1) is 30.2. The monoisotopic (exact) mass is 777 g/mol. The normalized spacial score (nSPS) is 11.3. The van der Waals surface area contributed by atoms with Gasteiger partial charge in [-0.05, 0) is 68.6 Å². The Kier molecular flexibility index (Phi) is 9.18. The first-order valence-electron chi connectivity index (χ1n) is 20.7. The van der Waals surface area contributed by atoms with Crippen LogP contribution in [0.15, 0.2) is 237 Å². The van der Waals surface area contributed by atoms with Gasteiger partial charge in [-0.2, -0.15) is 5.10 Å². The van der Waals surface area contributed by atoms with E-state index in [4.69, 9.17) is 10.1 Å². The molecule has 0 atom stereocenters. The van der Waals surface area contributed by atoms with Crippen LogP contribution in [-0.2, 0) is 0 Å². The first kappa shape index (κ1) is 36.0. The highest BCUT2D eigenvalue weighted by atomic mass is 15.2. The van der Waals surface area contributed by atoms with Crippen LogP contribution in [0.2, 0.25) is 0 Å². The van der Waals surface area contributed by atoms with Crippen molar-refractivity contribution in [3.05, 3.63) is 237 Å². The standard InChI is InChI=1S/C58H39N3/c1-6-18-40(19-7-1)41-32-34-43(35-33-41)54-38-49(37-53(59-54)42-20-8-2-9-21-42)47-28-16-29-48(36-47)50-30-17-31-51-52(50)39-55(44-22-10-3-11-23-44)61-58(51)56(45-24-12-4-13-25-45)57(60-61)46-26-14-5-15-27-46/h1-39H.